The number of likely N-dealkylation sites (tertiary alicyclic amines) is 1. The molecule has 3 fully saturated rings. The zero-order valence-electron chi connectivity index (χ0n) is 25.3. The molecule has 13 heteroatoms. The molecule has 236 valence electrons. The van der Waals surface area contributed by atoms with Crippen LogP contribution in [0.2, 0.25) is 0 Å². The molecular formula is C32H38FN9O3. The average Bonchev–Trinajstić information content (AvgIpc) is 3.05. The van der Waals surface area contributed by atoms with Crippen LogP contribution in [0.1, 0.15) is 18.9 Å². The summed E-state index contributed by atoms with van der Waals surface area (Å²) in [7, 11) is 0. The third-order valence-electron chi connectivity index (χ3n) is 8.80. The zero-order valence-corrected chi connectivity index (χ0v) is 25.3. The molecule has 0 saturated carbocycles. The van der Waals surface area contributed by atoms with Crippen LogP contribution in [0.25, 0.3) is 11.4 Å². The second-order valence-corrected chi connectivity index (χ2v) is 11.8. The maximum Gasteiger partial charge on any atom is 0.230 e. The second kappa shape index (κ2) is 13.7. The van der Waals surface area contributed by atoms with Gasteiger partial charge in [0.1, 0.15) is 18.6 Å². The highest BCUT2D eigenvalue weighted by Gasteiger charge is 2.33. The Hall–Kier alpha value is -4.38. The number of aliphatic hydroxyl groups excluding tert-OH is 1. The Labute approximate surface area is 261 Å². The van der Waals surface area contributed by atoms with E-state index in [4.69, 9.17) is 4.74 Å². The minimum absolute atomic E-state index is 0.0578. The van der Waals surface area contributed by atoms with Crippen molar-refractivity contribution in [2.24, 2.45) is 5.92 Å². The Morgan fingerprint density at radius 2 is 1.91 bits per heavy atom. The number of nitrogens with zero attached hydrogens (tertiary/aromatic N) is 7. The van der Waals surface area contributed by atoms with Crippen LogP contribution in [0.15, 0.2) is 48.8 Å². The van der Waals surface area contributed by atoms with E-state index in [0.29, 0.717) is 47.6 Å². The van der Waals surface area contributed by atoms with Crippen LogP contribution in [0.4, 0.5) is 27.4 Å². The van der Waals surface area contributed by atoms with E-state index in [9.17, 15) is 15.2 Å². The number of benzene rings is 2. The Morgan fingerprint density at radius 1 is 1.13 bits per heavy atom. The molecule has 3 aliphatic rings. The van der Waals surface area contributed by atoms with Gasteiger partial charge < -0.3 is 30.3 Å². The van der Waals surface area contributed by atoms with Crippen LogP contribution < -0.4 is 15.5 Å². The summed E-state index contributed by atoms with van der Waals surface area (Å²) in [5.41, 5.74) is 3.48. The van der Waals surface area contributed by atoms with E-state index in [0.717, 1.165) is 45.1 Å². The minimum atomic E-state index is -1.32. The number of aromatic nitrogens is 3. The fourth-order valence-corrected chi connectivity index (χ4v) is 5.92. The molecule has 1 unspecified atom stereocenters. The van der Waals surface area contributed by atoms with E-state index < -0.39 is 18.1 Å². The number of halogens is 1. The Kier molecular flexibility index (Phi) is 9.34. The maximum atomic E-state index is 15.0. The van der Waals surface area contributed by atoms with Crippen LogP contribution >= 0.6 is 0 Å². The summed E-state index contributed by atoms with van der Waals surface area (Å²) in [5.74, 6) is -0.0409. The molecule has 6 rings (SSSR count). The van der Waals surface area contributed by atoms with Crippen molar-refractivity contribution in [3.63, 3.8) is 0 Å². The largest absolute Gasteiger partial charge is 0.396 e. The molecule has 4 heterocycles. The number of carbonyl (C=O) groups excluding carboxylic acids is 1. The Bertz CT molecular complexity index is 1520. The second-order valence-electron chi connectivity index (χ2n) is 11.8. The number of rotatable bonds is 9. The highest BCUT2D eigenvalue weighted by Crippen LogP contribution is 2.28. The molecule has 0 spiro atoms. The molecule has 0 aliphatic carbocycles. The third-order valence-corrected chi connectivity index (χ3v) is 8.80. The summed E-state index contributed by atoms with van der Waals surface area (Å²) in [5, 5.41) is 25.5. The number of nitriles is 1. The Balaban J connectivity index is 1.07. The number of carbonyl (C=O) groups is 1. The fourth-order valence-electron chi connectivity index (χ4n) is 5.92. The molecule has 0 radical (unpaired) electrons. The third kappa shape index (κ3) is 6.98. The summed E-state index contributed by atoms with van der Waals surface area (Å²) < 4.78 is 20.4. The van der Waals surface area contributed by atoms with Gasteiger partial charge in [0.2, 0.25) is 11.9 Å². The summed E-state index contributed by atoms with van der Waals surface area (Å²) in [6, 6.07) is 15.6. The molecule has 3 saturated heterocycles. The average molecular weight is 616 g/mol. The molecule has 3 atom stereocenters. The van der Waals surface area contributed by atoms with Crippen LogP contribution in [-0.4, -0.2) is 113 Å². The van der Waals surface area contributed by atoms with Crippen molar-refractivity contribution in [3.05, 3.63) is 54.4 Å². The van der Waals surface area contributed by atoms with Gasteiger partial charge in [0.05, 0.1) is 55.6 Å². The molecule has 3 aliphatic heterocycles. The lowest BCUT2D eigenvalue weighted by Gasteiger charge is -2.43. The zero-order chi connectivity index (χ0) is 31.3. The summed E-state index contributed by atoms with van der Waals surface area (Å²) >= 11 is 0. The quantitative estimate of drug-likeness (QED) is 0.327. The standard InChI is InChI=1S/C32H38FN9O3/c1-21(17-43)31(44)42-9-8-29(27(33)16-42)38-28-7-2-22(14-23(28)15-34)30-35-20-36-32(39-30)37-24-3-5-25(6-4-24)40-10-12-41(13-11-40)26-18-45-19-26/h2-7,14,20-21,26-27,29,38,43H,8-13,16-19H2,1H3,(H,35,36,37,39)/t21-,27+,29?/m0/s1. The van der Waals surface area contributed by atoms with Crippen molar-refractivity contribution in [1.82, 2.24) is 24.8 Å². The first-order valence-electron chi connectivity index (χ1n) is 15.4. The summed E-state index contributed by atoms with van der Waals surface area (Å²) in [4.78, 5) is 31.9. The van der Waals surface area contributed by atoms with Gasteiger partial charge in [-0.1, -0.05) is 6.92 Å². The lowest BCUT2D eigenvalue weighted by atomic mass is 10.00. The van der Waals surface area contributed by atoms with Crippen molar-refractivity contribution >= 4 is 28.9 Å². The van der Waals surface area contributed by atoms with Crippen molar-refractivity contribution < 1.29 is 19.0 Å². The van der Waals surface area contributed by atoms with Crippen molar-refractivity contribution in [3.8, 4) is 17.5 Å². The number of hydrogen-bond donors (Lipinski definition) is 3. The number of hydrogen-bond acceptors (Lipinski definition) is 11. The SMILES string of the molecule is C[C@@H](CO)C(=O)N1CCC(Nc2ccc(-c3ncnc(Nc4ccc(N5CCN(C6COC6)CC5)cc4)n3)cc2C#N)[C@H](F)C1. The Morgan fingerprint density at radius 3 is 2.58 bits per heavy atom. The summed E-state index contributed by atoms with van der Waals surface area (Å²) in [6.07, 6.45) is 0.488. The van der Waals surface area contributed by atoms with E-state index in [1.165, 1.54) is 16.9 Å². The number of aliphatic hydroxyl groups is 1. The van der Waals surface area contributed by atoms with Crippen LogP contribution in [0.5, 0.6) is 0 Å². The van der Waals surface area contributed by atoms with Gasteiger partial charge in [0.15, 0.2) is 5.82 Å². The predicted octanol–water partition coefficient (Wildman–Crippen LogP) is 2.65. The normalized spacial score (nSPS) is 21.5. The first-order valence-corrected chi connectivity index (χ1v) is 15.4. The number of anilines is 4. The topological polar surface area (TPSA) is 143 Å². The molecule has 12 nitrogen and oxygen atoms in total. The molecule has 45 heavy (non-hydrogen) atoms. The molecule has 0 bridgehead atoms. The van der Waals surface area contributed by atoms with Crippen molar-refractivity contribution in [2.75, 3.05) is 74.6 Å². The molecule has 1 aromatic heterocycles. The smallest absolute Gasteiger partial charge is 0.230 e. The van der Waals surface area contributed by atoms with Gasteiger partial charge in [-0.15, -0.1) is 0 Å². The number of amides is 1. The summed E-state index contributed by atoms with van der Waals surface area (Å²) in [6.45, 7) is 7.41. The fraction of sp³-hybridized carbons (Fsp3) is 0.469. The minimum Gasteiger partial charge on any atom is -0.396 e. The van der Waals surface area contributed by atoms with Gasteiger partial charge in [-0.3, -0.25) is 9.69 Å². The molecule has 2 aromatic carbocycles. The number of ether oxygens (including phenoxy) is 1. The lowest BCUT2D eigenvalue weighted by molar-refractivity contribution is -0.138. The number of piperidine rings is 1. The first-order chi connectivity index (χ1) is 21.9. The number of alkyl halides is 1. The van der Waals surface area contributed by atoms with Gasteiger partial charge in [-0.05, 0) is 48.9 Å². The van der Waals surface area contributed by atoms with Crippen LogP contribution in [-0.2, 0) is 9.53 Å². The van der Waals surface area contributed by atoms with Crippen molar-refractivity contribution in [1.29, 1.82) is 5.26 Å². The van der Waals surface area contributed by atoms with Crippen LogP contribution in [0, 0.1) is 17.2 Å². The number of nitrogens with one attached hydrogen (secondary N) is 2. The molecular weight excluding hydrogens is 577 g/mol. The molecule has 3 N–H and O–H groups in total. The predicted molar refractivity (Wildman–Crippen MR) is 168 cm³/mol. The van der Waals surface area contributed by atoms with Gasteiger partial charge in [-0.25, -0.2) is 14.4 Å². The van der Waals surface area contributed by atoms with Gasteiger partial charge in [-0.2, -0.15) is 10.2 Å². The van der Waals surface area contributed by atoms with Gasteiger partial charge in [0.25, 0.3) is 0 Å². The lowest BCUT2D eigenvalue weighted by Crippen LogP contribution is -2.56. The number of piperazine rings is 1. The highest BCUT2D eigenvalue weighted by atomic mass is 19.1. The molecule has 1 amide bonds. The maximum absolute atomic E-state index is 15.0. The first kappa shape index (κ1) is 30.6. The van der Waals surface area contributed by atoms with E-state index in [1.807, 2.05) is 12.1 Å². The van der Waals surface area contributed by atoms with E-state index in [1.54, 1.807) is 25.1 Å². The molecule has 3 aromatic rings. The van der Waals surface area contributed by atoms with Crippen LogP contribution in [0.3, 0.4) is 0 Å². The van der Waals surface area contributed by atoms with E-state index >= 15 is 4.39 Å². The van der Waals surface area contributed by atoms with Gasteiger partial charge in [0, 0.05) is 49.7 Å². The van der Waals surface area contributed by atoms with Gasteiger partial charge >= 0.3 is 0 Å². The van der Waals surface area contributed by atoms with E-state index in [-0.39, 0.29) is 19.1 Å². The monoisotopic (exact) mass is 615 g/mol. The van der Waals surface area contributed by atoms with E-state index in [2.05, 4.69) is 53.6 Å². The highest BCUT2D eigenvalue weighted by molar-refractivity contribution is 5.79. The van der Waals surface area contributed by atoms with Crippen molar-refractivity contribution in [2.45, 2.75) is 31.6 Å².